The third-order valence-electron chi connectivity index (χ3n) is 5.35. The first-order valence-corrected chi connectivity index (χ1v) is 11.1. The largest absolute Gasteiger partial charge is 0.496 e. The van der Waals surface area contributed by atoms with Crippen LogP contribution >= 0.6 is 0 Å². The van der Waals surface area contributed by atoms with Gasteiger partial charge in [0.1, 0.15) is 35.1 Å². The topological polar surface area (TPSA) is 92.5 Å². The number of imidazole rings is 1. The molecule has 9 nitrogen and oxygen atoms in total. The lowest BCUT2D eigenvalue weighted by molar-refractivity contribution is -0.0502. The van der Waals surface area contributed by atoms with Gasteiger partial charge in [0.05, 0.1) is 38.8 Å². The molecule has 0 radical (unpaired) electrons. The molecule has 1 aliphatic rings. The van der Waals surface area contributed by atoms with Gasteiger partial charge in [-0.15, -0.1) is 0 Å². The zero-order valence-corrected chi connectivity index (χ0v) is 19.5. The van der Waals surface area contributed by atoms with Crippen LogP contribution in [0.25, 0.3) is 16.9 Å². The number of nitrogens with one attached hydrogen (secondary N) is 1. The number of amides is 1. The molecule has 1 N–H and O–H groups in total. The Morgan fingerprint density at radius 2 is 1.91 bits per heavy atom. The van der Waals surface area contributed by atoms with E-state index in [0.29, 0.717) is 49.1 Å². The zero-order valence-electron chi connectivity index (χ0n) is 19.5. The van der Waals surface area contributed by atoms with Gasteiger partial charge in [-0.1, -0.05) is 0 Å². The highest BCUT2D eigenvalue weighted by atomic mass is 19.3. The SMILES string of the molecule is COCCOCCOc1ccn2c(-c3cc(OC)c(C(=O)NC4CC4)c(OC(F)F)c3)cnc2c1. The second-order valence-electron chi connectivity index (χ2n) is 7.87. The predicted molar refractivity (Wildman–Crippen MR) is 122 cm³/mol. The van der Waals surface area contributed by atoms with Gasteiger partial charge >= 0.3 is 6.61 Å². The second-order valence-corrected chi connectivity index (χ2v) is 7.87. The summed E-state index contributed by atoms with van der Waals surface area (Å²) in [7, 11) is 2.98. The quantitative estimate of drug-likeness (QED) is 0.366. The molecule has 1 saturated carbocycles. The van der Waals surface area contributed by atoms with E-state index in [9.17, 15) is 13.6 Å². The number of hydrogen-bond donors (Lipinski definition) is 1. The second kappa shape index (κ2) is 11.3. The minimum atomic E-state index is -3.11. The standard InChI is InChI=1S/C24H27F2N3O6/c1-31-7-8-33-9-10-34-17-5-6-29-18(14-27-21(29)13-17)15-11-19(32-2)22(20(12-15)35-24(25)26)23(30)28-16-3-4-16/h5-6,11-14,16,24H,3-4,7-10H2,1-2H3,(H,28,30). The Labute approximate surface area is 200 Å². The highest BCUT2D eigenvalue weighted by molar-refractivity contribution is 6.01. The van der Waals surface area contributed by atoms with Crippen molar-refractivity contribution in [3.05, 3.63) is 42.2 Å². The van der Waals surface area contributed by atoms with Crippen LogP contribution in [0.1, 0.15) is 23.2 Å². The van der Waals surface area contributed by atoms with Crippen molar-refractivity contribution in [1.29, 1.82) is 0 Å². The van der Waals surface area contributed by atoms with Crippen LogP contribution in [0.4, 0.5) is 8.78 Å². The molecule has 35 heavy (non-hydrogen) atoms. The molecule has 1 amide bonds. The van der Waals surface area contributed by atoms with Crippen LogP contribution in [0.5, 0.6) is 17.2 Å². The van der Waals surface area contributed by atoms with Crippen LogP contribution in [-0.2, 0) is 9.47 Å². The van der Waals surface area contributed by atoms with Gasteiger partial charge < -0.3 is 29.0 Å². The zero-order chi connectivity index (χ0) is 24.8. The normalized spacial score (nSPS) is 13.3. The molecule has 0 spiro atoms. The molecule has 0 saturated heterocycles. The number of methoxy groups -OCH3 is 2. The molecule has 0 bridgehead atoms. The highest BCUT2D eigenvalue weighted by Gasteiger charge is 2.29. The summed E-state index contributed by atoms with van der Waals surface area (Å²) in [6.45, 7) is -1.32. The fourth-order valence-corrected chi connectivity index (χ4v) is 3.52. The molecule has 1 fully saturated rings. The maximum Gasteiger partial charge on any atom is 0.387 e. The van der Waals surface area contributed by atoms with Crippen molar-refractivity contribution in [2.75, 3.05) is 40.6 Å². The lowest BCUT2D eigenvalue weighted by Gasteiger charge is -2.16. The number of pyridine rings is 1. The van der Waals surface area contributed by atoms with Crippen LogP contribution in [0.2, 0.25) is 0 Å². The van der Waals surface area contributed by atoms with Crippen molar-refractivity contribution in [3.63, 3.8) is 0 Å². The Morgan fingerprint density at radius 1 is 1.14 bits per heavy atom. The molecule has 188 valence electrons. The molecule has 3 aromatic rings. The van der Waals surface area contributed by atoms with Crippen LogP contribution in [-0.4, -0.2) is 68.6 Å². The van der Waals surface area contributed by atoms with Gasteiger partial charge in [0.15, 0.2) is 0 Å². The van der Waals surface area contributed by atoms with Gasteiger partial charge in [0, 0.05) is 31.0 Å². The maximum absolute atomic E-state index is 13.2. The number of aromatic nitrogens is 2. The molecule has 0 unspecified atom stereocenters. The van der Waals surface area contributed by atoms with E-state index in [4.69, 9.17) is 23.7 Å². The van der Waals surface area contributed by atoms with Crippen LogP contribution < -0.4 is 19.5 Å². The lowest BCUT2D eigenvalue weighted by atomic mass is 10.1. The third kappa shape index (κ3) is 6.17. The minimum Gasteiger partial charge on any atom is -0.496 e. The molecular formula is C24H27F2N3O6. The number of rotatable bonds is 13. The van der Waals surface area contributed by atoms with E-state index < -0.39 is 12.5 Å². The van der Waals surface area contributed by atoms with Crippen molar-refractivity contribution < 1.29 is 37.3 Å². The van der Waals surface area contributed by atoms with E-state index in [1.54, 1.807) is 42.1 Å². The lowest BCUT2D eigenvalue weighted by Crippen LogP contribution is -2.26. The van der Waals surface area contributed by atoms with Crippen LogP contribution in [0.3, 0.4) is 0 Å². The first-order chi connectivity index (χ1) is 17.0. The highest BCUT2D eigenvalue weighted by Crippen LogP contribution is 2.37. The fourth-order valence-electron chi connectivity index (χ4n) is 3.52. The first kappa shape index (κ1) is 24.7. The van der Waals surface area contributed by atoms with Crippen molar-refractivity contribution in [2.24, 2.45) is 0 Å². The van der Waals surface area contributed by atoms with Gasteiger partial charge in [0.2, 0.25) is 0 Å². The number of hydrogen-bond acceptors (Lipinski definition) is 7. The summed E-state index contributed by atoms with van der Waals surface area (Å²) in [6, 6.07) is 6.55. The molecule has 11 heteroatoms. The molecule has 2 aromatic heterocycles. The van der Waals surface area contributed by atoms with E-state index in [2.05, 4.69) is 10.3 Å². The minimum absolute atomic E-state index is 0.0402. The number of ether oxygens (including phenoxy) is 5. The number of halogens is 2. The number of fused-ring (bicyclic) bond motifs is 1. The predicted octanol–water partition coefficient (Wildman–Crippen LogP) is 3.55. The molecule has 1 aliphatic carbocycles. The Balaban J connectivity index is 1.59. The molecular weight excluding hydrogens is 464 g/mol. The van der Waals surface area contributed by atoms with Crippen molar-refractivity contribution in [1.82, 2.24) is 14.7 Å². The summed E-state index contributed by atoms with van der Waals surface area (Å²) >= 11 is 0. The summed E-state index contributed by atoms with van der Waals surface area (Å²) in [5.41, 5.74) is 1.61. The van der Waals surface area contributed by atoms with Gasteiger partial charge in [-0.3, -0.25) is 9.20 Å². The summed E-state index contributed by atoms with van der Waals surface area (Å²) in [5.74, 6) is -0.0513. The maximum atomic E-state index is 13.2. The Bertz CT molecular complexity index is 1170. The molecule has 1 aromatic carbocycles. The summed E-state index contributed by atoms with van der Waals surface area (Å²) in [5, 5.41) is 2.79. The summed E-state index contributed by atoms with van der Waals surface area (Å²) in [6.07, 6.45) is 5.06. The summed E-state index contributed by atoms with van der Waals surface area (Å²) in [4.78, 5) is 17.1. The Hall–Kier alpha value is -3.44. The summed E-state index contributed by atoms with van der Waals surface area (Å²) < 4.78 is 54.3. The molecule has 0 atom stereocenters. The molecule has 0 aliphatic heterocycles. The van der Waals surface area contributed by atoms with Crippen LogP contribution in [0, 0.1) is 0 Å². The Kier molecular flexibility index (Phi) is 7.98. The monoisotopic (exact) mass is 491 g/mol. The van der Waals surface area contributed by atoms with Gasteiger partial charge in [-0.05, 0) is 31.0 Å². The third-order valence-corrected chi connectivity index (χ3v) is 5.35. The van der Waals surface area contributed by atoms with Gasteiger partial charge in [0.25, 0.3) is 5.91 Å². The number of carbonyl (C=O) groups is 1. The number of benzene rings is 1. The first-order valence-electron chi connectivity index (χ1n) is 11.1. The van der Waals surface area contributed by atoms with E-state index in [0.717, 1.165) is 12.8 Å². The smallest absolute Gasteiger partial charge is 0.387 e. The van der Waals surface area contributed by atoms with Crippen LogP contribution in [0.15, 0.2) is 36.7 Å². The Morgan fingerprint density at radius 3 is 2.63 bits per heavy atom. The van der Waals surface area contributed by atoms with Crippen molar-refractivity contribution in [3.8, 4) is 28.5 Å². The number of alkyl halides is 2. The average Bonchev–Trinajstić information content (AvgIpc) is 3.55. The number of nitrogens with zero attached hydrogens (tertiary/aromatic N) is 2. The van der Waals surface area contributed by atoms with E-state index in [-0.39, 0.29) is 23.1 Å². The van der Waals surface area contributed by atoms with E-state index >= 15 is 0 Å². The molecule has 2 heterocycles. The number of carbonyl (C=O) groups excluding carboxylic acids is 1. The van der Waals surface area contributed by atoms with E-state index in [1.807, 2.05) is 0 Å². The fraction of sp³-hybridized carbons (Fsp3) is 0.417. The van der Waals surface area contributed by atoms with Crippen molar-refractivity contribution in [2.45, 2.75) is 25.5 Å². The van der Waals surface area contributed by atoms with Gasteiger partial charge in [-0.25, -0.2) is 4.98 Å². The average molecular weight is 491 g/mol. The van der Waals surface area contributed by atoms with E-state index in [1.165, 1.54) is 13.2 Å². The van der Waals surface area contributed by atoms with Crippen molar-refractivity contribution >= 4 is 11.6 Å². The molecule has 4 rings (SSSR count). The van der Waals surface area contributed by atoms with Gasteiger partial charge in [-0.2, -0.15) is 8.78 Å².